The van der Waals surface area contributed by atoms with E-state index in [2.05, 4.69) is 32.0 Å². The second-order valence-electron chi connectivity index (χ2n) is 10.2. The van der Waals surface area contributed by atoms with Gasteiger partial charge in [0.2, 0.25) is 0 Å². The second kappa shape index (κ2) is 5.79. The van der Waals surface area contributed by atoms with Crippen LogP contribution in [0, 0.1) is 23.2 Å². The Labute approximate surface area is 153 Å². The van der Waals surface area contributed by atoms with Crippen molar-refractivity contribution in [3.05, 3.63) is 0 Å². The van der Waals surface area contributed by atoms with Gasteiger partial charge in [0.15, 0.2) is 5.72 Å². The highest BCUT2D eigenvalue weighted by Crippen LogP contribution is 2.58. The predicted octanol–water partition coefficient (Wildman–Crippen LogP) is 4.65. The minimum atomic E-state index is -0.269. The molecule has 0 bridgehead atoms. The van der Waals surface area contributed by atoms with E-state index < -0.39 is 0 Å². The molecule has 2 heterocycles. The van der Waals surface area contributed by atoms with E-state index in [0.717, 1.165) is 17.8 Å². The van der Waals surface area contributed by atoms with Crippen LogP contribution in [0.4, 0.5) is 0 Å². The van der Waals surface area contributed by atoms with Crippen molar-refractivity contribution in [3.8, 4) is 0 Å². The lowest BCUT2D eigenvalue weighted by Crippen LogP contribution is -2.62. The summed E-state index contributed by atoms with van der Waals surface area (Å²) in [6.07, 6.45) is 16.4. The lowest BCUT2D eigenvalue weighted by atomic mass is 9.65. The normalized spacial score (nSPS) is 51.8. The molecule has 4 fully saturated rings. The zero-order valence-corrected chi connectivity index (χ0v) is 16.4. The van der Waals surface area contributed by atoms with Crippen LogP contribution in [0.1, 0.15) is 78.1 Å². The summed E-state index contributed by atoms with van der Waals surface area (Å²) in [6, 6.07) is 1.12. The molecule has 3 nitrogen and oxygen atoms in total. The molecule has 2 aliphatic heterocycles. The van der Waals surface area contributed by atoms with Crippen LogP contribution in [0.5, 0.6) is 0 Å². The van der Waals surface area contributed by atoms with Crippen LogP contribution in [0.2, 0.25) is 0 Å². The number of fused-ring (bicyclic) bond motifs is 4. The van der Waals surface area contributed by atoms with E-state index in [1.807, 2.05) is 0 Å². The summed E-state index contributed by atoms with van der Waals surface area (Å²) in [6.45, 7) is 4.91. The van der Waals surface area contributed by atoms with E-state index in [0.29, 0.717) is 18.2 Å². The number of hydrogen-bond donors (Lipinski definition) is 0. The summed E-state index contributed by atoms with van der Waals surface area (Å²) in [5, 5.41) is 0. The third-order valence-corrected chi connectivity index (χ3v) is 8.96. The van der Waals surface area contributed by atoms with Gasteiger partial charge in [0, 0.05) is 17.7 Å². The van der Waals surface area contributed by atoms with E-state index in [1.165, 1.54) is 64.2 Å². The molecule has 0 radical (unpaired) electrons. The van der Waals surface area contributed by atoms with Crippen molar-refractivity contribution in [3.63, 3.8) is 0 Å². The molecule has 0 N–H and O–H groups in total. The van der Waals surface area contributed by atoms with Crippen molar-refractivity contribution < 1.29 is 4.74 Å². The topological polar surface area (TPSA) is 24.8 Å². The van der Waals surface area contributed by atoms with Crippen LogP contribution in [0.15, 0.2) is 4.99 Å². The van der Waals surface area contributed by atoms with Gasteiger partial charge in [-0.15, -0.1) is 0 Å². The Morgan fingerprint density at radius 1 is 0.960 bits per heavy atom. The molecule has 140 valence electrons. The number of ether oxygens (including phenoxy) is 1. The summed E-state index contributed by atoms with van der Waals surface area (Å²) < 4.78 is 7.08. The van der Waals surface area contributed by atoms with Crippen molar-refractivity contribution in [1.29, 1.82) is 0 Å². The van der Waals surface area contributed by atoms with Gasteiger partial charge in [-0.05, 0) is 56.9 Å². The van der Waals surface area contributed by atoms with Gasteiger partial charge in [-0.1, -0.05) is 46.0 Å². The van der Waals surface area contributed by atoms with Gasteiger partial charge in [-0.3, -0.25) is 9.89 Å². The lowest BCUT2D eigenvalue weighted by Gasteiger charge is -2.53. The Morgan fingerprint density at radius 3 is 2.56 bits per heavy atom. The SMILES string of the molecule is CN1C2CCCCC2C(C)(C)C12C=NC1C(CCC3CCCCC31)O2. The zero-order valence-electron chi connectivity index (χ0n) is 16.4. The Morgan fingerprint density at radius 2 is 1.72 bits per heavy atom. The highest BCUT2D eigenvalue weighted by Gasteiger charge is 2.65. The number of hydrogen-bond acceptors (Lipinski definition) is 3. The van der Waals surface area contributed by atoms with E-state index in [1.54, 1.807) is 0 Å². The summed E-state index contributed by atoms with van der Waals surface area (Å²) in [5.41, 5.74) is -0.111. The van der Waals surface area contributed by atoms with E-state index in [9.17, 15) is 0 Å². The van der Waals surface area contributed by atoms with Gasteiger partial charge in [-0.2, -0.15) is 0 Å². The van der Waals surface area contributed by atoms with Crippen molar-refractivity contribution in [2.75, 3.05) is 7.05 Å². The minimum absolute atomic E-state index is 0.157. The highest BCUT2D eigenvalue weighted by molar-refractivity contribution is 5.72. The quantitative estimate of drug-likeness (QED) is 0.639. The van der Waals surface area contributed by atoms with Crippen LogP contribution in [-0.4, -0.2) is 42.1 Å². The monoisotopic (exact) mass is 344 g/mol. The number of aliphatic imine (C=N–C) groups is 1. The van der Waals surface area contributed by atoms with E-state index >= 15 is 0 Å². The lowest BCUT2D eigenvalue weighted by molar-refractivity contribution is -0.193. The molecule has 0 amide bonds. The first-order valence-electron chi connectivity index (χ1n) is 11.0. The molecule has 7 unspecified atom stereocenters. The van der Waals surface area contributed by atoms with Crippen LogP contribution >= 0.6 is 0 Å². The molecule has 1 saturated heterocycles. The highest BCUT2D eigenvalue weighted by atomic mass is 16.5. The van der Waals surface area contributed by atoms with Crippen LogP contribution in [0.25, 0.3) is 0 Å². The number of likely N-dealkylation sites (tertiary alicyclic amines) is 1. The fourth-order valence-corrected chi connectivity index (χ4v) is 7.53. The Bertz CT molecular complexity index is 558. The first-order valence-corrected chi connectivity index (χ1v) is 11.0. The van der Waals surface area contributed by atoms with Crippen molar-refractivity contribution in [1.82, 2.24) is 4.90 Å². The molecule has 0 aromatic heterocycles. The summed E-state index contributed by atoms with van der Waals surface area (Å²) in [7, 11) is 2.32. The first kappa shape index (κ1) is 16.7. The maximum Gasteiger partial charge on any atom is 0.163 e. The standard InChI is InChI=1S/C22H36N2O/c1-21(2)17-10-6-7-11-18(17)24(3)22(21)14-23-20-16-9-5-4-8-15(16)12-13-19(20)25-22/h14-20H,4-13H2,1-3H3. The fraction of sp³-hybridized carbons (Fsp3) is 0.955. The largest absolute Gasteiger partial charge is 0.349 e. The smallest absolute Gasteiger partial charge is 0.163 e. The third kappa shape index (κ3) is 2.21. The van der Waals surface area contributed by atoms with E-state index in [4.69, 9.17) is 9.73 Å². The van der Waals surface area contributed by atoms with Crippen molar-refractivity contribution in [2.45, 2.75) is 102 Å². The molecular weight excluding hydrogens is 308 g/mol. The van der Waals surface area contributed by atoms with Crippen LogP contribution in [0.3, 0.4) is 0 Å². The van der Waals surface area contributed by atoms with Crippen LogP contribution < -0.4 is 0 Å². The number of rotatable bonds is 0. The predicted molar refractivity (Wildman–Crippen MR) is 102 cm³/mol. The summed E-state index contributed by atoms with van der Waals surface area (Å²) in [4.78, 5) is 7.87. The third-order valence-electron chi connectivity index (χ3n) is 8.96. The average Bonchev–Trinajstić information content (AvgIpc) is 2.81. The molecule has 3 saturated carbocycles. The van der Waals surface area contributed by atoms with E-state index in [-0.39, 0.29) is 11.1 Å². The van der Waals surface area contributed by atoms with Gasteiger partial charge in [0.05, 0.1) is 12.1 Å². The van der Waals surface area contributed by atoms with Gasteiger partial charge in [0.1, 0.15) is 0 Å². The second-order valence-corrected chi connectivity index (χ2v) is 10.2. The molecule has 3 aliphatic carbocycles. The maximum atomic E-state index is 7.08. The summed E-state index contributed by atoms with van der Waals surface area (Å²) >= 11 is 0. The van der Waals surface area contributed by atoms with Crippen molar-refractivity contribution in [2.24, 2.45) is 28.2 Å². The fourth-order valence-electron chi connectivity index (χ4n) is 7.53. The molecule has 7 atom stereocenters. The molecule has 5 aliphatic rings. The average molecular weight is 345 g/mol. The van der Waals surface area contributed by atoms with Gasteiger partial charge in [-0.25, -0.2) is 0 Å². The first-order chi connectivity index (χ1) is 12.0. The van der Waals surface area contributed by atoms with Crippen molar-refractivity contribution >= 4 is 6.21 Å². The van der Waals surface area contributed by atoms with Crippen LogP contribution in [-0.2, 0) is 4.74 Å². The van der Waals surface area contributed by atoms with Gasteiger partial charge >= 0.3 is 0 Å². The minimum Gasteiger partial charge on any atom is -0.349 e. The molecule has 5 rings (SSSR count). The molecule has 0 aromatic carbocycles. The summed E-state index contributed by atoms with van der Waals surface area (Å²) in [5.74, 6) is 2.46. The molecule has 25 heavy (non-hydrogen) atoms. The zero-order chi connectivity index (χ0) is 17.2. The Balaban J connectivity index is 1.49. The Hall–Kier alpha value is -0.410. The molecule has 1 spiro atoms. The van der Waals surface area contributed by atoms with Gasteiger partial charge in [0.25, 0.3) is 0 Å². The Kier molecular flexibility index (Phi) is 3.88. The number of nitrogens with zero attached hydrogens (tertiary/aromatic N) is 2. The molecule has 3 heteroatoms. The molecule has 0 aromatic rings. The maximum absolute atomic E-state index is 7.08. The van der Waals surface area contributed by atoms with Gasteiger partial charge < -0.3 is 4.74 Å². The molecular formula is C22H36N2O.